The van der Waals surface area contributed by atoms with Crippen LogP contribution in [0.2, 0.25) is 0 Å². The number of hydrogen-bond acceptors (Lipinski definition) is 1. The average molecular weight is 181 g/mol. The lowest BCUT2D eigenvalue weighted by atomic mass is 9.89. The number of nitrogens with zero attached hydrogens (tertiary/aromatic N) is 2. The summed E-state index contributed by atoms with van der Waals surface area (Å²) in [4.78, 5) is 2.68. The van der Waals surface area contributed by atoms with E-state index < -0.39 is 0 Å². The molecule has 2 rings (SSSR count). The van der Waals surface area contributed by atoms with Crippen molar-refractivity contribution in [2.75, 3.05) is 20.1 Å². The van der Waals surface area contributed by atoms with E-state index in [1.807, 2.05) is 7.05 Å². The third kappa shape index (κ3) is 2.05. The molecule has 2 heteroatoms. The van der Waals surface area contributed by atoms with Crippen molar-refractivity contribution in [3.63, 3.8) is 0 Å². The average Bonchev–Trinajstić information content (AvgIpc) is 2.70. The van der Waals surface area contributed by atoms with Crippen molar-refractivity contribution in [3.8, 4) is 0 Å². The van der Waals surface area contributed by atoms with E-state index in [-0.39, 0.29) is 0 Å². The van der Waals surface area contributed by atoms with Crippen molar-refractivity contribution in [2.24, 2.45) is 0 Å². The lowest BCUT2D eigenvalue weighted by Gasteiger charge is -2.36. The van der Waals surface area contributed by atoms with E-state index in [1.54, 1.807) is 0 Å². The molecule has 0 bridgehead atoms. The van der Waals surface area contributed by atoms with Crippen LogP contribution in [0, 0.1) is 0 Å². The van der Waals surface area contributed by atoms with Gasteiger partial charge in [-0.2, -0.15) is 0 Å². The highest BCUT2D eigenvalue weighted by Crippen LogP contribution is 2.26. The van der Waals surface area contributed by atoms with E-state index in [0.717, 1.165) is 6.04 Å². The normalized spacial score (nSPS) is 36.7. The number of likely N-dealkylation sites (tertiary alicyclic amines) is 1. The molecular formula is C11H21N2. The number of likely N-dealkylation sites (N-methyl/N-ethyl adjacent to an activating group) is 1. The van der Waals surface area contributed by atoms with E-state index in [4.69, 9.17) is 0 Å². The lowest BCUT2D eigenvalue weighted by molar-refractivity contribution is 0.151. The maximum atomic E-state index is 4.53. The maximum Gasteiger partial charge on any atom is 0.0398 e. The van der Waals surface area contributed by atoms with Gasteiger partial charge in [-0.05, 0) is 38.8 Å². The van der Waals surface area contributed by atoms with Crippen LogP contribution < -0.4 is 5.32 Å². The molecule has 2 aliphatic rings. The van der Waals surface area contributed by atoms with Crippen LogP contribution in [0.3, 0.4) is 0 Å². The first-order valence-corrected chi connectivity index (χ1v) is 5.75. The second-order valence-corrected chi connectivity index (χ2v) is 4.42. The molecule has 0 spiro atoms. The van der Waals surface area contributed by atoms with Crippen LogP contribution in [-0.2, 0) is 0 Å². The van der Waals surface area contributed by atoms with Gasteiger partial charge in [-0.1, -0.05) is 12.8 Å². The third-order valence-electron chi connectivity index (χ3n) is 3.64. The van der Waals surface area contributed by atoms with Crippen LogP contribution in [0.15, 0.2) is 0 Å². The zero-order chi connectivity index (χ0) is 9.10. The minimum atomic E-state index is 0.645. The van der Waals surface area contributed by atoms with Crippen molar-refractivity contribution >= 4 is 0 Å². The summed E-state index contributed by atoms with van der Waals surface area (Å²) in [5.74, 6) is 0. The van der Waals surface area contributed by atoms with Crippen molar-refractivity contribution < 1.29 is 0 Å². The monoisotopic (exact) mass is 181 g/mol. The largest absolute Gasteiger partial charge is 0.299 e. The Labute approximate surface area is 81.7 Å². The molecule has 2 nitrogen and oxygen atoms in total. The first kappa shape index (κ1) is 9.47. The van der Waals surface area contributed by atoms with Crippen molar-refractivity contribution in [1.29, 1.82) is 0 Å². The summed E-state index contributed by atoms with van der Waals surface area (Å²) in [6.45, 7) is 2.66. The highest BCUT2D eigenvalue weighted by Gasteiger charge is 2.30. The molecule has 1 aliphatic carbocycles. The second-order valence-electron chi connectivity index (χ2n) is 4.42. The Morgan fingerprint density at radius 2 is 1.69 bits per heavy atom. The summed E-state index contributed by atoms with van der Waals surface area (Å²) in [5.41, 5.74) is 0. The SMILES string of the molecule is C[N]C1CCCCC1N1CCCC1. The molecule has 0 N–H and O–H groups in total. The van der Waals surface area contributed by atoms with E-state index in [1.165, 1.54) is 51.6 Å². The Kier molecular flexibility index (Phi) is 3.23. The minimum Gasteiger partial charge on any atom is -0.299 e. The summed E-state index contributed by atoms with van der Waals surface area (Å²) < 4.78 is 0. The van der Waals surface area contributed by atoms with Crippen LogP contribution in [0.5, 0.6) is 0 Å². The molecular weight excluding hydrogens is 160 g/mol. The van der Waals surface area contributed by atoms with Crippen LogP contribution in [0.1, 0.15) is 38.5 Å². The third-order valence-corrected chi connectivity index (χ3v) is 3.64. The van der Waals surface area contributed by atoms with E-state index in [9.17, 15) is 0 Å². The summed E-state index contributed by atoms with van der Waals surface area (Å²) in [5, 5.41) is 4.53. The highest BCUT2D eigenvalue weighted by atomic mass is 15.2. The van der Waals surface area contributed by atoms with Gasteiger partial charge in [0, 0.05) is 19.1 Å². The van der Waals surface area contributed by atoms with Gasteiger partial charge in [-0.25, -0.2) is 5.32 Å². The predicted octanol–water partition coefficient (Wildman–Crippen LogP) is 1.63. The zero-order valence-electron chi connectivity index (χ0n) is 8.71. The number of hydrogen-bond donors (Lipinski definition) is 0. The van der Waals surface area contributed by atoms with E-state index >= 15 is 0 Å². The Hall–Kier alpha value is -0.0800. The van der Waals surface area contributed by atoms with Crippen molar-refractivity contribution in [2.45, 2.75) is 50.6 Å². The fourth-order valence-electron chi connectivity index (χ4n) is 2.89. The molecule has 1 aliphatic heterocycles. The Morgan fingerprint density at radius 3 is 2.38 bits per heavy atom. The maximum absolute atomic E-state index is 4.53. The Balaban J connectivity index is 1.93. The van der Waals surface area contributed by atoms with Gasteiger partial charge in [-0.3, -0.25) is 4.90 Å². The molecule has 75 valence electrons. The van der Waals surface area contributed by atoms with Gasteiger partial charge in [0.1, 0.15) is 0 Å². The molecule has 13 heavy (non-hydrogen) atoms. The van der Waals surface area contributed by atoms with Gasteiger partial charge < -0.3 is 0 Å². The zero-order valence-corrected chi connectivity index (χ0v) is 8.71. The summed E-state index contributed by atoms with van der Waals surface area (Å²) >= 11 is 0. The molecule has 0 aromatic heterocycles. The lowest BCUT2D eigenvalue weighted by Crippen LogP contribution is -2.47. The van der Waals surface area contributed by atoms with Crippen LogP contribution in [-0.4, -0.2) is 37.1 Å². The molecule has 0 aromatic rings. The first-order chi connectivity index (χ1) is 6.42. The first-order valence-electron chi connectivity index (χ1n) is 5.75. The van der Waals surface area contributed by atoms with Gasteiger partial charge in [0.25, 0.3) is 0 Å². The smallest absolute Gasteiger partial charge is 0.0398 e. The molecule has 1 saturated carbocycles. The van der Waals surface area contributed by atoms with Crippen LogP contribution >= 0.6 is 0 Å². The van der Waals surface area contributed by atoms with Crippen LogP contribution in [0.4, 0.5) is 0 Å². The molecule has 1 saturated heterocycles. The van der Waals surface area contributed by atoms with Crippen LogP contribution in [0.25, 0.3) is 0 Å². The summed E-state index contributed by atoms with van der Waals surface area (Å²) in [6, 6.07) is 1.44. The van der Waals surface area contributed by atoms with Gasteiger partial charge in [0.05, 0.1) is 0 Å². The molecule has 2 atom stereocenters. The fraction of sp³-hybridized carbons (Fsp3) is 1.00. The summed E-state index contributed by atoms with van der Waals surface area (Å²) in [7, 11) is 2.00. The summed E-state index contributed by atoms with van der Waals surface area (Å²) in [6.07, 6.45) is 8.36. The van der Waals surface area contributed by atoms with Crippen molar-refractivity contribution in [1.82, 2.24) is 10.2 Å². The Morgan fingerprint density at radius 1 is 1.00 bits per heavy atom. The molecule has 0 amide bonds. The minimum absolute atomic E-state index is 0.645. The van der Waals surface area contributed by atoms with E-state index in [0.29, 0.717) is 6.04 Å². The predicted molar refractivity (Wildman–Crippen MR) is 54.9 cm³/mol. The van der Waals surface area contributed by atoms with Crippen molar-refractivity contribution in [3.05, 3.63) is 0 Å². The molecule has 1 heterocycles. The molecule has 0 aromatic carbocycles. The highest BCUT2D eigenvalue weighted by molar-refractivity contribution is 4.88. The topological polar surface area (TPSA) is 17.3 Å². The van der Waals surface area contributed by atoms with Gasteiger partial charge >= 0.3 is 0 Å². The van der Waals surface area contributed by atoms with E-state index in [2.05, 4.69) is 10.2 Å². The Bertz CT molecular complexity index is 150. The standard InChI is InChI=1S/C11H21N2/c1-12-10-6-2-3-7-11(10)13-8-4-5-9-13/h10-11H,2-9H2,1H3. The van der Waals surface area contributed by atoms with Gasteiger partial charge in [0.2, 0.25) is 0 Å². The quantitative estimate of drug-likeness (QED) is 0.633. The fourth-order valence-corrected chi connectivity index (χ4v) is 2.89. The molecule has 1 radical (unpaired) electrons. The van der Waals surface area contributed by atoms with Gasteiger partial charge in [0.15, 0.2) is 0 Å². The molecule has 2 fully saturated rings. The molecule has 2 unspecified atom stereocenters. The second kappa shape index (κ2) is 4.43. The number of rotatable bonds is 2. The van der Waals surface area contributed by atoms with Gasteiger partial charge in [-0.15, -0.1) is 0 Å².